The molecule has 0 aliphatic carbocycles. The van der Waals surface area contributed by atoms with Gasteiger partial charge in [-0.1, -0.05) is 121 Å². The molecule has 0 spiro atoms. The molecule has 0 unspecified atom stereocenters. The maximum atomic E-state index is 15.1. The standard InChI is InChI=1S/C34H23FNS.C15H18NSi.Ir/c1-20-10-13-22(14-11-20)17-23-18-31(36-19-30(23)35)27-8-5-9-28-32-25-7-4-3-6-24(25)29-16-21(2)12-15-26(29)34(32)37-33(27)28;1-12-10-14(13-8-6-5-7-9-13)16-11-15(12)17(2,3)4;/h3-7,9-16,18-19H,17H2,1-2H3;5-8,10-11H,1-4H3;/q2*-1;/i17D2;;. The first kappa shape index (κ1) is 35.8. The number of benzene rings is 6. The van der Waals surface area contributed by atoms with Crippen molar-refractivity contribution in [1.82, 2.24) is 9.97 Å². The van der Waals surface area contributed by atoms with Crippen molar-refractivity contribution in [1.29, 1.82) is 0 Å². The van der Waals surface area contributed by atoms with E-state index in [1.807, 2.05) is 43.3 Å². The SMILES string of the molecule is Cc1cc(-c2[c-]cccc2)ncc1[Si](C)(C)C.[2H]C([2H])(c1ccc(C)cc1)c1cc(-c2[c-]ccc3c2sc2c4ccc(C)cc4c4ccccc4c32)ncc1F.[Ir]. The van der Waals surface area contributed by atoms with E-state index in [0.29, 0.717) is 11.3 Å². The maximum Gasteiger partial charge on any atom is 0.143 e. The summed E-state index contributed by atoms with van der Waals surface area (Å²) in [6, 6.07) is 44.4. The molecule has 3 heterocycles. The second-order valence-corrected chi connectivity index (χ2v) is 21.0. The van der Waals surface area contributed by atoms with Gasteiger partial charge in [0.05, 0.1) is 14.3 Å². The Labute approximate surface area is 344 Å². The Kier molecular flexibility index (Phi) is 10.2. The van der Waals surface area contributed by atoms with Crippen molar-refractivity contribution in [3.05, 3.63) is 173 Å². The molecule has 0 aliphatic heterocycles. The first-order chi connectivity index (χ1) is 26.8. The molecule has 9 rings (SSSR count). The number of thiophene rings is 1. The quantitative estimate of drug-likeness (QED) is 0.0976. The average Bonchev–Trinajstić information content (AvgIpc) is 3.59. The first-order valence-electron chi connectivity index (χ1n) is 19.2. The van der Waals surface area contributed by atoms with E-state index in [2.05, 4.69) is 122 Å². The van der Waals surface area contributed by atoms with Crippen LogP contribution in [0.3, 0.4) is 0 Å². The molecule has 0 fully saturated rings. The van der Waals surface area contributed by atoms with Gasteiger partial charge in [-0.15, -0.1) is 59.7 Å². The molecule has 0 N–H and O–H groups in total. The normalized spacial score (nSPS) is 12.3. The molecule has 6 heteroatoms. The molecule has 0 saturated heterocycles. The van der Waals surface area contributed by atoms with E-state index in [1.165, 1.54) is 47.9 Å². The van der Waals surface area contributed by atoms with Crippen LogP contribution in [0.15, 0.2) is 128 Å². The first-order valence-corrected chi connectivity index (χ1v) is 22.5. The fraction of sp³-hybridized carbons (Fsp3) is 0.143. The summed E-state index contributed by atoms with van der Waals surface area (Å²) in [5.74, 6) is -0.666. The van der Waals surface area contributed by atoms with Crippen LogP contribution in [0.2, 0.25) is 19.6 Å². The monoisotopic (exact) mass is 931 g/mol. The van der Waals surface area contributed by atoms with Gasteiger partial charge in [0.25, 0.3) is 0 Å². The minimum atomic E-state index is -2.02. The minimum Gasteiger partial charge on any atom is -0.305 e. The van der Waals surface area contributed by atoms with Crippen LogP contribution in [0.25, 0.3) is 64.2 Å². The van der Waals surface area contributed by atoms with Gasteiger partial charge < -0.3 is 9.97 Å². The molecule has 0 amide bonds. The van der Waals surface area contributed by atoms with Gasteiger partial charge in [0.1, 0.15) is 5.82 Å². The zero-order valence-corrected chi connectivity index (χ0v) is 35.8. The van der Waals surface area contributed by atoms with Crippen molar-refractivity contribution in [3.63, 3.8) is 0 Å². The summed E-state index contributed by atoms with van der Waals surface area (Å²) in [4.78, 5) is 9.00. The zero-order valence-electron chi connectivity index (χ0n) is 33.6. The Morgan fingerprint density at radius 3 is 2.13 bits per heavy atom. The number of hydrogen-bond acceptors (Lipinski definition) is 3. The van der Waals surface area contributed by atoms with Crippen LogP contribution in [-0.4, -0.2) is 18.0 Å². The number of pyridine rings is 2. The van der Waals surface area contributed by atoms with Crippen molar-refractivity contribution in [2.75, 3.05) is 0 Å². The molecule has 0 bridgehead atoms. The third kappa shape index (κ3) is 7.70. The smallest absolute Gasteiger partial charge is 0.143 e. The van der Waals surface area contributed by atoms with Crippen LogP contribution in [0, 0.1) is 38.7 Å². The molecular formula is C49H41FIrN2SSi-2. The summed E-state index contributed by atoms with van der Waals surface area (Å²) < 4.78 is 34.9. The van der Waals surface area contributed by atoms with Gasteiger partial charge in [0.15, 0.2) is 0 Å². The second-order valence-electron chi connectivity index (χ2n) is 14.9. The average molecular weight is 931 g/mol. The van der Waals surface area contributed by atoms with Crippen molar-refractivity contribution in [2.45, 2.75) is 46.8 Å². The van der Waals surface area contributed by atoms with Crippen LogP contribution >= 0.6 is 11.3 Å². The molecule has 0 aliphatic rings. The van der Waals surface area contributed by atoms with E-state index in [9.17, 15) is 0 Å². The van der Waals surface area contributed by atoms with E-state index in [0.717, 1.165) is 38.7 Å². The Hall–Kier alpha value is -4.84. The molecule has 6 aromatic carbocycles. The molecule has 55 heavy (non-hydrogen) atoms. The topological polar surface area (TPSA) is 25.8 Å². The number of fused-ring (bicyclic) bond motifs is 8. The van der Waals surface area contributed by atoms with Crippen molar-refractivity contribution >= 4 is 66.3 Å². The van der Waals surface area contributed by atoms with Gasteiger partial charge in [-0.3, -0.25) is 0 Å². The predicted molar refractivity (Wildman–Crippen MR) is 231 cm³/mol. The van der Waals surface area contributed by atoms with E-state index in [4.69, 9.17) is 2.74 Å². The van der Waals surface area contributed by atoms with E-state index in [-0.39, 0.29) is 25.7 Å². The van der Waals surface area contributed by atoms with Gasteiger partial charge in [-0.2, -0.15) is 11.3 Å². The summed E-state index contributed by atoms with van der Waals surface area (Å²) in [6.07, 6.45) is 1.16. The van der Waals surface area contributed by atoms with Gasteiger partial charge in [-0.05, 0) is 86.5 Å². The molecule has 0 atom stereocenters. The van der Waals surface area contributed by atoms with Gasteiger partial charge in [-0.25, -0.2) is 4.39 Å². The summed E-state index contributed by atoms with van der Waals surface area (Å²) in [6.45, 7) is 13.3. The van der Waals surface area contributed by atoms with Gasteiger partial charge in [0.2, 0.25) is 0 Å². The molecule has 0 saturated carbocycles. The summed E-state index contributed by atoms with van der Waals surface area (Å²) in [5, 5.41) is 8.56. The minimum absolute atomic E-state index is 0. The molecule has 9 aromatic rings. The molecule has 1 radical (unpaired) electrons. The molecule has 275 valence electrons. The Morgan fingerprint density at radius 2 is 1.40 bits per heavy atom. The van der Waals surface area contributed by atoms with Crippen LogP contribution in [0.1, 0.15) is 30.6 Å². The van der Waals surface area contributed by atoms with Crippen LogP contribution in [-0.2, 0) is 26.5 Å². The molecular weight excluding hydrogens is 888 g/mol. The van der Waals surface area contributed by atoms with E-state index < -0.39 is 20.3 Å². The van der Waals surface area contributed by atoms with Crippen molar-refractivity contribution in [2.24, 2.45) is 0 Å². The molecule has 2 nitrogen and oxygen atoms in total. The number of rotatable bonds is 5. The molecule has 3 aromatic heterocycles. The van der Waals surface area contributed by atoms with Crippen molar-refractivity contribution in [3.8, 4) is 22.5 Å². The zero-order chi connectivity index (χ0) is 39.4. The van der Waals surface area contributed by atoms with Crippen molar-refractivity contribution < 1.29 is 27.2 Å². The Balaban J connectivity index is 0.000000232. The predicted octanol–water partition coefficient (Wildman–Crippen LogP) is 13.0. The maximum absolute atomic E-state index is 15.1. The van der Waals surface area contributed by atoms with Crippen LogP contribution in [0.5, 0.6) is 0 Å². The summed E-state index contributed by atoms with van der Waals surface area (Å²) in [5.41, 5.74) is 7.30. The third-order valence-electron chi connectivity index (χ3n) is 9.90. The third-order valence-corrected chi connectivity index (χ3v) is 13.3. The Bertz CT molecular complexity index is 2920. The van der Waals surface area contributed by atoms with Gasteiger partial charge >= 0.3 is 0 Å². The summed E-state index contributed by atoms with van der Waals surface area (Å²) >= 11 is 1.69. The largest absolute Gasteiger partial charge is 0.305 e. The number of aromatic nitrogens is 2. The fourth-order valence-corrected chi connectivity index (χ4v) is 10.3. The van der Waals surface area contributed by atoms with Crippen LogP contribution in [0.4, 0.5) is 4.39 Å². The summed E-state index contributed by atoms with van der Waals surface area (Å²) in [7, 11) is -1.27. The van der Waals surface area contributed by atoms with Gasteiger partial charge in [0, 0.05) is 33.7 Å². The fourth-order valence-electron chi connectivity index (χ4n) is 7.23. The second kappa shape index (κ2) is 15.7. The number of nitrogens with zero attached hydrogens (tertiary/aromatic N) is 2. The number of halogens is 1. The Morgan fingerprint density at radius 1 is 0.673 bits per heavy atom. The van der Waals surface area contributed by atoms with Crippen LogP contribution < -0.4 is 5.19 Å². The number of aryl methyl sites for hydroxylation is 3. The van der Waals surface area contributed by atoms with E-state index in [1.54, 1.807) is 29.5 Å². The van der Waals surface area contributed by atoms with E-state index >= 15 is 4.39 Å². The number of hydrogen-bond donors (Lipinski definition) is 0.